The van der Waals surface area contributed by atoms with Gasteiger partial charge in [-0.3, -0.25) is 9.59 Å². The summed E-state index contributed by atoms with van der Waals surface area (Å²) < 4.78 is 10.3. The molecule has 1 aromatic carbocycles. The zero-order chi connectivity index (χ0) is 14.6. The molecule has 0 bridgehead atoms. The van der Waals surface area contributed by atoms with Crippen LogP contribution in [0.25, 0.3) is 0 Å². The first kappa shape index (κ1) is 14.3. The van der Waals surface area contributed by atoms with E-state index >= 15 is 0 Å². The van der Waals surface area contributed by atoms with E-state index in [4.69, 9.17) is 14.6 Å². The van der Waals surface area contributed by atoms with E-state index in [0.717, 1.165) is 0 Å². The van der Waals surface area contributed by atoms with Gasteiger partial charge >= 0.3 is 0 Å². The summed E-state index contributed by atoms with van der Waals surface area (Å²) >= 11 is 0. The maximum Gasteiger partial charge on any atom is 0.276 e. The first-order valence-corrected chi connectivity index (χ1v) is 6.08. The number of carbonyl (C=O) groups excluding carboxylic acids is 2. The van der Waals surface area contributed by atoms with Crippen LogP contribution in [0, 0.1) is 0 Å². The molecule has 1 fully saturated rings. The quantitative estimate of drug-likeness (QED) is 0.459. The molecule has 7 nitrogen and oxygen atoms in total. The molecular weight excluding hydrogens is 264 g/mol. The third-order valence-corrected chi connectivity index (χ3v) is 3.08. The number of hydrogen-bond acceptors (Lipinski definition) is 5. The second-order valence-electron chi connectivity index (χ2n) is 4.30. The van der Waals surface area contributed by atoms with E-state index in [1.807, 2.05) is 6.07 Å². The van der Waals surface area contributed by atoms with Crippen molar-refractivity contribution in [2.24, 2.45) is 0 Å². The van der Waals surface area contributed by atoms with Gasteiger partial charge in [-0.25, -0.2) is 0 Å². The van der Waals surface area contributed by atoms with Gasteiger partial charge in [0.05, 0.1) is 6.61 Å². The Morgan fingerprint density at radius 1 is 1.45 bits per heavy atom. The van der Waals surface area contributed by atoms with E-state index in [0.29, 0.717) is 5.75 Å². The summed E-state index contributed by atoms with van der Waals surface area (Å²) in [5, 5.41) is 14.0. The van der Waals surface area contributed by atoms with Gasteiger partial charge in [0.2, 0.25) is 5.72 Å². The molecule has 0 saturated carbocycles. The van der Waals surface area contributed by atoms with E-state index in [-0.39, 0.29) is 13.2 Å². The van der Waals surface area contributed by atoms with E-state index in [9.17, 15) is 9.59 Å². The fraction of sp³-hybridized carbons (Fsp3) is 0.385. The molecule has 2 amide bonds. The van der Waals surface area contributed by atoms with Crippen LogP contribution < -0.4 is 15.4 Å². The molecule has 108 valence electrons. The third kappa shape index (κ3) is 2.59. The Kier molecular flexibility index (Phi) is 4.21. The Hall–Kier alpha value is -2.12. The minimum Gasteiger partial charge on any atom is -0.484 e. The highest BCUT2D eigenvalue weighted by molar-refractivity contribution is 5.96. The second kappa shape index (κ2) is 5.89. The van der Waals surface area contributed by atoms with E-state index in [1.165, 1.54) is 7.11 Å². The summed E-state index contributed by atoms with van der Waals surface area (Å²) in [6.07, 6.45) is 0. The predicted octanol–water partition coefficient (Wildman–Crippen LogP) is -0.985. The summed E-state index contributed by atoms with van der Waals surface area (Å²) in [6.45, 7) is -0.583. The average Bonchev–Trinajstić information content (AvgIpc) is 2.48. The van der Waals surface area contributed by atoms with Gasteiger partial charge in [0.1, 0.15) is 11.8 Å². The molecule has 0 aromatic heterocycles. The van der Waals surface area contributed by atoms with Crippen molar-refractivity contribution >= 4 is 11.8 Å². The highest BCUT2D eigenvalue weighted by atomic mass is 16.5. The number of carbonyl (C=O) groups is 2. The van der Waals surface area contributed by atoms with E-state index in [2.05, 4.69) is 10.6 Å². The van der Waals surface area contributed by atoms with E-state index in [1.54, 1.807) is 24.3 Å². The zero-order valence-corrected chi connectivity index (χ0v) is 11.0. The summed E-state index contributed by atoms with van der Waals surface area (Å²) in [5.41, 5.74) is -1.52. The molecule has 0 aliphatic carbocycles. The lowest BCUT2D eigenvalue weighted by Crippen LogP contribution is -2.81. The van der Waals surface area contributed by atoms with Crippen molar-refractivity contribution in [1.82, 2.24) is 10.6 Å². The first-order chi connectivity index (χ1) is 9.62. The highest BCUT2D eigenvalue weighted by Crippen LogP contribution is 2.21. The van der Waals surface area contributed by atoms with Crippen LogP contribution in [0.1, 0.15) is 0 Å². The predicted molar refractivity (Wildman–Crippen MR) is 68.8 cm³/mol. The third-order valence-electron chi connectivity index (χ3n) is 3.08. The number of aliphatic hydroxyl groups excluding tert-OH is 1. The van der Waals surface area contributed by atoms with Crippen LogP contribution in [0.5, 0.6) is 5.75 Å². The monoisotopic (exact) mass is 280 g/mol. The molecule has 2 unspecified atom stereocenters. The number of aliphatic hydroxyl groups is 1. The maximum atomic E-state index is 11.8. The van der Waals surface area contributed by atoms with Crippen LogP contribution in [-0.4, -0.2) is 49.0 Å². The molecular formula is C13H16N2O5. The minimum absolute atomic E-state index is 0.249. The van der Waals surface area contributed by atoms with Crippen molar-refractivity contribution in [1.29, 1.82) is 0 Å². The number of hydrogen-bond donors (Lipinski definition) is 3. The van der Waals surface area contributed by atoms with Gasteiger partial charge in [-0.2, -0.15) is 0 Å². The number of benzene rings is 1. The fourth-order valence-corrected chi connectivity index (χ4v) is 1.96. The molecule has 1 aromatic rings. The van der Waals surface area contributed by atoms with Crippen molar-refractivity contribution in [3.63, 3.8) is 0 Å². The number of para-hydroxylation sites is 1. The number of ether oxygens (including phenoxy) is 2. The average molecular weight is 280 g/mol. The largest absolute Gasteiger partial charge is 0.484 e. The highest BCUT2D eigenvalue weighted by Gasteiger charge is 2.57. The van der Waals surface area contributed by atoms with Gasteiger partial charge in [0.15, 0.2) is 6.61 Å². The molecule has 0 spiro atoms. The SMILES string of the molecule is COC1(NC(=O)COc2ccccc2)C(=O)NC1CO. The van der Waals surface area contributed by atoms with Crippen LogP contribution in [0.3, 0.4) is 0 Å². The smallest absolute Gasteiger partial charge is 0.276 e. The van der Waals surface area contributed by atoms with Crippen LogP contribution in [0.4, 0.5) is 0 Å². The summed E-state index contributed by atoms with van der Waals surface area (Å²) in [4.78, 5) is 23.4. The Morgan fingerprint density at radius 2 is 2.15 bits per heavy atom. The molecule has 3 N–H and O–H groups in total. The van der Waals surface area contributed by atoms with Crippen LogP contribution in [0.15, 0.2) is 30.3 Å². The summed E-state index contributed by atoms with van der Waals surface area (Å²) in [5.74, 6) is -0.456. The van der Waals surface area contributed by atoms with Crippen molar-refractivity contribution in [2.75, 3.05) is 20.3 Å². The zero-order valence-electron chi connectivity index (χ0n) is 11.0. The lowest BCUT2D eigenvalue weighted by Gasteiger charge is -2.46. The van der Waals surface area contributed by atoms with Gasteiger partial charge in [0.25, 0.3) is 11.8 Å². The molecule has 1 heterocycles. The standard InChI is InChI=1S/C13H16N2O5/c1-19-13(10(7-16)14-12(13)18)15-11(17)8-20-9-5-3-2-4-6-9/h2-6,10,16H,7-8H2,1H3,(H,14,18)(H,15,17). The number of rotatable bonds is 6. The normalized spacial score (nSPS) is 24.5. The topological polar surface area (TPSA) is 96.9 Å². The molecule has 1 aliphatic rings. The lowest BCUT2D eigenvalue weighted by molar-refractivity contribution is -0.180. The van der Waals surface area contributed by atoms with Crippen LogP contribution in [0.2, 0.25) is 0 Å². The van der Waals surface area contributed by atoms with Crippen molar-refractivity contribution in [3.05, 3.63) is 30.3 Å². The maximum absolute atomic E-state index is 11.8. The van der Waals surface area contributed by atoms with Gasteiger partial charge in [-0.15, -0.1) is 0 Å². The molecule has 1 aliphatic heterocycles. The summed E-state index contributed by atoms with van der Waals surface area (Å²) in [7, 11) is 1.29. The van der Waals surface area contributed by atoms with Gasteiger partial charge in [-0.1, -0.05) is 18.2 Å². The van der Waals surface area contributed by atoms with Crippen molar-refractivity contribution in [3.8, 4) is 5.75 Å². The molecule has 20 heavy (non-hydrogen) atoms. The molecule has 2 atom stereocenters. The molecule has 0 radical (unpaired) electrons. The van der Waals surface area contributed by atoms with Crippen molar-refractivity contribution < 1.29 is 24.2 Å². The summed E-state index contributed by atoms with van der Waals surface area (Å²) in [6, 6.07) is 8.16. The number of amides is 2. The Labute approximate surface area is 115 Å². The van der Waals surface area contributed by atoms with Crippen LogP contribution in [-0.2, 0) is 14.3 Å². The number of methoxy groups -OCH3 is 1. The number of β-lactam (4-membered cyclic amide) rings is 1. The Bertz CT molecular complexity index is 493. The minimum atomic E-state index is -1.52. The van der Waals surface area contributed by atoms with Gasteiger partial charge in [-0.05, 0) is 12.1 Å². The van der Waals surface area contributed by atoms with Crippen molar-refractivity contribution in [2.45, 2.75) is 11.8 Å². The Morgan fingerprint density at radius 3 is 2.70 bits per heavy atom. The van der Waals surface area contributed by atoms with Crippen LogP contribution >= 0.6 is 0 Å². The molecule has 7 heteroatoms. The lowest BCUT2D eigenvalue weighted by atomic mass is 9.94. The first-order valence-electron chi connectivity index (χ1n) is 6.08. The number of nitrogens with one attached hydrogen (secondary N) is 2. The van der Waals surface area contributed by atoms with E-state index < -0.39 is 23.6 Å². The fourth-order valence-electron chi connectivity index (χ4n) is 1.96. The Balaban J connectivity index is 1.92. The van der Waals surface area contributed by atoms with Gasteiger partial charge in [0, 0.05) is 7.11 Å². The molecule has 1 saturated heterocycles. The van der Waals surface area contributed by atoms with Gasteiger partial charge < -0.3 is 25.2 Å². The second-order valence-corrected chi connectivity index (χ2v) is 4.30. The molecule has 2 rings (SSSR count).